The molecule has 0 aliphatic carbocycles. The van der Waals surface area contributed by atoms with E-state index in [-0.39, 0.29) is 29.1 Å². The fourth-order valence-electron chi connectivity index (χ4n) is 5.73. The summed E-state index contributed by atoms with van der Waals surface area (Å²) >= 11 is 0. The van der Waals surface area contributed by atoms with Gasteiger partial charge >= 0.3 is 6.03 Å². The van der Waals surface area contributed by atoms with Crippen LogP contribution in [0.2, 0.25) is 0 Å². The summed E-state index contributed by atoms with van der Waals surface area (Å²) in [5.41, 5.74) is 1.77. The van der Waals surface area contributed by atoms with Crippen molar-refractivity contribution < 1.29 is 9.63 Å². The molecule has 3 rings (SSSR count). The molecule has 1 saturated heterocycles. The number of para-hydroxylation sites is 1. The summed E-state index contributed by atoms with van der Waals surface area (Å²) in [7, 11) is 0. The zero-order valence-electron chi connectivity index (χ0n) is 23.3. The molecule has 1 heterocycles. The number of hydrogen-bond acceptors (Lipinski definition) is 3. The number of anilines is 1. The van der Waals surface area contributed by atoms with E-state index in [1.807, 2.05) is 30.3 Å². The van der Waals surface area contributed by atoms with Gasteiger partial charge in [0.05, 0.1) is 6.61 Å². The SMILES string of the molecule is CCCCN(C(=O)Nc1ccccc1)C1CC(C)(CC)N(OCCc2ccccc2)C(C)(CC)C1C. The van der Waals surface area contributed by atoms with Crippen LogP contribution in [0.3, 0.4) is 0 Å². The van der Waals surface area contributed by atoms with Gasteiger partial charge in [0.1, 0.15) is 0 Å². The van der Waals surface area contributed by atoms with Gasteiger partial charge in [-0.25, -0.2) is 4.79 Å². The van der Waals surface area contributed by atoms with Crippen LogP contribution in [0.1, 0.15) is 79.2 Å². The first kappa shape index (κ1) is 28.2. The number of nitrogens with zero attached hydrogens (tertiary/aromatic N) is 2. The summed E-state index contributed by atoms with van der Waals surface area (Å²) in [4.78, 5) is 22.4. The Hall–Kier alpha value is -2.37. The number of nitrogens with one attached hydrogen (secondary N) is 1. The normalized spacial score (nSPS) is 26.5. The smallest absolute Gasteiger partial charge is 0.321 e. The van der Waals surface area contributed by atoms with Crippen molar-refractivity contribution in [3.8, 4) is 0 Å². The molecule has 2 amide bonds. The maximum absolute atomic E-state index is 13.6. The highest BCUT2D eigenvalue weighted by Gasteiger charge is 2.55. The average molecular weight is 494 g/mol. The van der Waals surface area contributed by atoms with Crippen LogP contribution in [-0.4, -0.2) is 46.3 Å². The van der Waals surface area contributed by atoms with Crippen LogP contribution >= 0.6 is 0 Å². The third-order valence-electron chi connectivity index (χ3n) is 8.53. The largest absolute Gasteiger partial charge is 0.322 e. The lowest BCUT2D eigenvalue weighted by Crippen LogP contribution is -2.70. The minimum Gasteiger partial charge on any atom is -0.321 e. The summed E-state index contributed by atoms with van der Waals surface area (Å²) in [6, 6.07) is 20.5. The second-order valence-corrected chi connectivity index (χ2v) is 10.8. The van der Waals surface area contributed by atoms with Crippen molar-refractivity contribution in [3.05, 3.63) is 66.2 Å². The minimum absolute atomic E-state index is 0.00171. The van der Waals surface area contributed by atoms with Crippen molar-refractivity contribution in [1.29, 1.82) is 0 Å². The number of hydroxylamine groups is 2. The van der Waals surface area contributed by atoms with Crippen LogP contribution in [0.5, 0.6) is 0 Å². The Bertz CT molecular complexity index is 937. The minimum atomic E-state index is -0.193. The number of piperidine rings is 1. The summed E-state index contributed by atoms with van der Waals surface area (Å²) in [6.07, 6.45) is 5.73. The fourth-order valence-corrected chi connectivity index (χ4v) is 5.73. The molecule has 0 aromatic heterocycles. The highest BCUT2D eigenvalue weighted by atomic mass is 16.7. The zero-order valence-corrected chi connectivity index (χ0v) is 23.3. The molecule has 1 fully saturated rings. The Labute approximate surface area is 219 Å². The van der Waals surface area contributed by atoms with Crippen molar-refractivity contribution in [2.24, 2.45) is 5.92 Å². The van der Waals surface area contributed by atoms with Crippen molar-refractivity contribution >= 4 is 11.7 Å². The van der Waals surface area contributed by atoms with E-state index in [4.69, 9.17) is 4.84 Å². The van der Waals surface area contributed by atoms with E-state index >= 15 is 0 Å². The van der Waals surface area contributed by atoms with Gasteiger partial charge in [-0.05, 0) is 69.6 Å². The number of benzene rings is 2. The molecule has 2 aromatic rings. The number of unbranched alkanes of at least 4 members (excludes halogenated alkanes) is 1. The first-order valence-corrected chi connectivity index (χ1v) is 13.9. The zero-order chi connectivity index (χ0) is 26.2. The summed E-state index contributed by atoms with van der Waals surface area (Å²) < 4.78 is 0. The third-order valence-corrected chi connectivity index (χ3v) is 8.53. The number of amides is 2. The lowest BCUT2D eigenvalue weighted by molar-refractivity contribution is -0.310. The van der Waals surface area contributed by atoms with Gasteiger partial charge in [0.15, 0.2) is 0 Å². The maximum Gasteiger partial charge on any atom is 0.322 e. The van der Waals surface area contributed by atoms with Gasteiger partial charge in [-0.2, -0.15) is 5.06 Å². The van der Waals surface area contributed by atoms with E-state index < -0.39 is 0 Å². The molecule has 5 heteroatoms. The van der Waals surface area contributed by atoms with Crippen molar-refractivity contribution in [3.63, 3.8) is 0 Å². The van der Waals surface area contributed by atoms with Crippen molar-refractivity contribution in [2.75, 3.05) is 18.5 Å². The van der Waals surface area contributed by atoms with Gasteiger partial charge in [-0.3, -0.25) is 4.84 Å². The van der Waals surface area contributed by atoms with Crippen molar-refractivity contribution in [1.82, 2.24) is 9.96 Å². The van der Waals surface area contributed by atoms with Gasteiger partial charge in [0.25, 0.3) is 0 Å². The number of urea groups is 1. The highest BCUT2D eigenvalue weighted by Crippen LogP contribution is 2.47. The van der Waals surface area contributed by atoms with E-state index in [0.717, 1.165) is 50.8 Å². The molecular weight excluding hydrogens is 446 g/mol. The number of rotatable bonds is 11. The number of carbonyl (C=O) groups is 1. The number of carbonyl (C=O) groups excluding carboxylic acids is 1. The van der Waals surface area contributed by atoms with E-state index in [0.29, 0.717) is 6.61 Å². The quantitative estimate of drug-likeness (QED) is 0.352. The van der Waals surface area contributed by atoms with E-state index in [9.17, 15) is 4.79 Å². The molecule has 0 saturated carbocycles. The standard InChI is InChI=1S/C31H47N3O2/c1-7-10-22-33(29(35)32-27-19-15-12-16-20-27)28-24-30(5,8-2)34(31(6,9-3)25(28)4)36-23-21-26-17-13-11-14-18-26/h11-20,25,28H,7-10,21-24H2,1-6H3,(H,32,35). The third kappa shape index (κ3) is 6.30. The van der Waals surface area contributed by atoms with Crippen LogP contribution in [0.15, 0.2) is 60.7 Å². The lowest BCUT2D eigenvalue weighted by Gasteiger charge is -2.61. The van der Waals surface area contributed by atoms with Gasteiger partial charge in [-0.15, -0.1) is 0 Å². The van der Waals surface area contributed by atoms with Gasteiger partial charge in [-0.1, -0.05) is 82.6 Å². The predicted molar refractivity (Wildman–Crippen MR) is 150 cm³/mol. The lowest BCUT2D eigenvalue weighted by atomic mass is 9.68. The molecule has 36 heavy (non-hydrogen) atoms. The van der Waals surface area contributed by atoms with Gasteiger partial charge < -0.3 is 10.2 Å². The van der Waals surface area contributed by atoms with E-state index in [1.165, 1.54) is 5.56 Å². The van der Waals surface area contributed by atoms with Crippen LogP contribution < -0.4 is 5.32 Å². The molecule has 1 N–H and O–H groups in total. The molecule has 0 spiro atoms. The van der Waals surface area contributed by atoms with Crippen LogP contribution in [-0.2, 0) is 11.3 Å². The first-order valence-electron chi connectivity index (χ1n) is 13.9. The Morgan fingerprint density at radius 1 is 1.03 bits per heavy atom. The summed E-state index contributed by atoms with van der Waals surface area (Å²) in [6.45, 7) is 15.1. The molecule has 0 radical (unpaired) electrons. The molecule has 4 atom stereocenters. The monoisotopic (exact) mass is 493 g/mol. The second kappa shape index (κ2) is 12.7. The van der Waals surface area contributed by atoms with Gasteiger partial charge in [0.2, 0.25) is 0 Å². The molecule has 2 aromatic carbocycles. The Morgan fingerprint density at radius 3 is 2.25 bits per heavy atom. The fraction of sp³-hybridized carbons (Fsp3) is 0.581. The van der Waals surface area contributed by atoms with Gasteiger partial charge in [0, 0.05) is 29.4 Å². The van der Waals surface area contributed by atoms with E-state index in [2.05, 4.69) is 87.2 Å². The Balaban J connectivity index is 1.85. The van der Waals surface area contributed by atoms with Crippen LogP contribution in [0, 0.1) is 5.92 Å². The maximum atomic E-state index is 13.6. The van der Waals surface area contributed by atoms with E-state index in [1.54, 1.807) is 0 Å². The summed E-state index contributed by atoms with van der Waals surface area (Å²) in [5.74, 6) is 0.247. The Kier molecular flexibility index (Phi) is 9.98. The highest BCUT2D eigenvalue weighted by molar-refractivity contribution is 5.89. The molecule has 1 aliphatic heterocycles. The Morgan fingerprint density at radius 2 is 1.67 bits per heavy atom. The topological polar surface area (TPSA) is 44.8 Å². The molecular formula is C31H47N3O2. The van der Waals surface area contributed by atoms with Crippen LogP contribution in [0.4, 0.5) is 10.5 Å². The molecule has 4 unspecified atom stereocenters. The molecule has 198 valence electrons. The summed E-state index contributed by atoms with van der Waals surface area (Å²) in [5, 5.41) is 5.48. The molecule has 5 nitrogen and oxygen atoms in total. The average Bonchev–Trinajstić information content (AvgIpc) is 2.90. The number of hydrogen-bond donors (Lipinski definition) is 1. The first-order chi connectivity index (χ1) is 17.3. The molecule has 0 bridgehead atoms. The van der Waals surface area contributed by atoms with Crippen molar-refractivity contribution in [2.45, 2.75) is 97.2 Å². The predicted octanol–water partition coefficient (Wildman–Crippen LogP) is 7.54. The van der Waals surface area contributed by atoms with Crippen LogP contribution in [0.25, 0.3) is 0 Å². The molecule has 1 aliphatic rings. The second-order valence-electron chi connectivity index (χ2n) is 10.8.